The lowest BCUT2D eigenvalue weighted by Gasteiger charge is -2.15. The summed E-state index contributed by atoms with van der Waals surface area (Å²) < 4.78 is 10.3. The molecule has 92 valence electrons. The summed E-state index contributed by atoms with van der Waals surface area (Å²) in [5, 5.41) is 0.395. The molecule has 0 spiro atoms. The van der Waals surface area contributed by atoms with Crippen molar-refractivity contribution in [3.8, 4) is 11.5 Å². The zero-order valence-electron chi connectivity index (χ0n) is 9.66. The first-order chi connectivity index (χ1) is 8.19. The number of halogens is 1. The summed E-state index contributed by atoms with van der Waals surface area (Å²) in [4.78, 5) is 21.3. The van der Waals surface area contributed by atoms with Gasteiger partial charge < -0.3 is 14.3 Å². The second kappa shape index (κ2) is 6.25. The predicted molar refractivity (Wildman–Crippen MR) is 64.3 cm³/mol. The molecule has 0 aliphatic heterocycles. The van der Waals surface area contributed by atoms with Crippen molar-refractivity contribution in [1.29, 1.82) is 0 Å². The minimum Gasteiger partial charge on any atom is -0.492 e. The van der Waals surface area contributed by atoms with Gasteiger partial charge in [-0.25, -0.2) is 0 Å². The van der Waals surface area contributed by atoms with Gasteiger partial charge in [-0.05, 0) is 12.5 Å². The molecular weight excluding hydrogens is 244 g/mol. The third kappa shape index (κ3) is 2.77. The van der Waals surface area contributed by atoms with Gasteiger partial charge in [-0.1, -0.05) is 11.6 Å². The van der Waals surface area contributed by atoms with E-state index < -0.39 is 0 Å². The SMILES string of the molecule is COc1c(C=O)cc(Cl)c(CCC=O)c1OC. The Kier molecular flexibility index (Phi) is 4.97. The minimum atomic E-state index is 0.323. The zero-order chi connectivity index (χ0) is 12.8. The largest absolute Gasteiger partial charge is 0.492 e. The van der Waals surface area contributed by atoms with Crippen LogP contribution in [0.4, 0.5) is 0 Å². The molecule has 0 radical (unpaired) electrons. The van der Waals surface area contributed by atoms with Gasteiger partial charge >= 0.3 is 0 Å². The van der Waals surface area contributed by atoms with Gasteiger partial charge in [-0.15, -0.1) is 0 Å². The van der Waals surface area contributed by atoms with E-state index in [2.05, 4.69) is 0 Å². The maximum atomic E-state index is 10.9. The molecule has 0 saturated carbocycles. The van der Waals surface area contributed by atoms with Crippen molar-refractivity contribution in [2.45, 2.75) is 12.8 Å². The molecule has 5 heteroatoms. The molecule has 0 heterocycles. The molecule has 4 nitrogen and oxygen atoms in total. The van der Waals surface area contributed by atoms with Crippen molar-refractivity contribution in [2.24, 2.45) is 0 Å². The van der Waals surface area contributed by atoms with Gasteiger partial charge in [0.1, 0.15) is 6.29 Å². The normalized spacial score (nSPS) is 9.82. The van der Waals surface area contributed by atoms with E-state index in [-0.39, 0.29) is 0 Å². The molecule has 0 saturated heterocycles. The van der Waals surface area contributed by atoms with Crippen LogP contribution in [-0.2, 0) is 11.2 Å². The highest BCUT2D eigenvalue weighted by Crippen LogP contribution is 2.39. The number of benzene rings is 1. The molecule has 1 aromatic rings. The third-order valence-corrected chi connectivity index (χ3v) is 2.70. The average molecular weight is 257 g/mol. The first-order valence-electron chi connectivity index (χ1n) is 5.01. The number of aldehydes is 2. The van der Waals surface area contributed by atoms with Gasteiger partial charge in [0.2, 0.25) is 0 Å². The molecule has 0 atom stereocenters. The Morgan fingerprint density at radius 3 is 2.35 bits per heavy atom. The molecule has 0 fully saturated rings. The molecule has 1 rings (SSSR count). The molecule has 0 amide bonds. The van der Waals surface area contributed by atoms with Crippen LogP contribution >= 0.6 is 11.6 Å². The first kappa shape index (κ1) is 13.5. The second-order valence-corrected chi connectivity index (χ2v) is 3.72. The van der Waals surface area contributed by atoms with E-state index in [4.69, 9.17) is 21.1 Å². The Balaban J connectivity index is 3.37. The maximum Gasteiger partial charge on any atom is 0.171 e. The van der Waals surface area contributed by atoms with E-state index in [1.807, 2.05) is 0 Å². The average Bonchev–Trinajstić information content (AvgIpc) is 2.35. The smallest absolute Gasteiger partial charge is 0.171 e. The van der Waals surface area contributed by atoms with Crippen molar-refractivity contribution in [1.82, 2.24) is 0 Å². The monoisotopic (exact) mass is 256 g/mol. The highest BCUT2D eigenvalue weighted by Gasteiger charge is 2.18. The Morgan fingerprint density at radius 2 is 1.88 bits per heavy atom. The molecule has 0 aliphatic carbocycles. The third-order valence-electron chi connectivity index (χ3n) is 2.36. The maximum absolute atomic E-state index is 10.9. The van der Waals surface area contributed by atoms with Crippen LogP contribution in [0.5, 0.6) is 11.5 Å². The number of carbonyl (C=O) groups excluding carboxylic acids is 2. The molecule has 1 aromatic carbocycles. The Bertz CT molecular complexity index is 429. The Morgan fingerprint density at radius 1 is 1.24 bits per heavy atom. The quantitative estimate of drug-likeness (QED) is 0.733. The molecule has 0 N–H and O–H groups in total. The van der Waals surface area contributed by atoms with E-state index in [1.165, 1.54) is 20.3 Å². The van der Waals surface area contributed by atoms with Gasteiger partial charge in [-0.3, -0.25) is 4.79 Å². The van der Waals surface area contributed by atoms with E-state index in [1.54, 1.807) is 0 Å². The van der Waals surface area contributed by atoms with Crippen molar-refractivity contribution < 1.29 is 19.1 Å². The summed E-state index contributed by atoms with van der Waals surface area (Å²) in [6, 6.07) is 1.51. The highest BCUT2D eigenvalue weighted by molar-refractivity contribution is 6.32. The Hall–Kier alpha value is -1.55. The lowest BCUT2D eigenvalue weighted by molar-refractivity contribution is -0.107. The fraction of sp³-hybridized carbons (Fsp3) is 0.333. The van der Waals surface area contributed by atoms with Crippen molar-refractivity contribution in [3.63, 3.8) is 0 Å². The summed E-state index contributed by atoms with van der Waals surface area (Å²) in [6.07, 6.45) is 2.23. The van der Waals surface area contributed by atoms with Gasteiger partial charge in [-0.2, -0.15) is 0 Å². The topological polar surface area (TPSA) is 52.6 Å². The van der Waals surface area contributed by atoms with Crippen LogP contribution in [0, 0.1) is 0 Å². The highest BCUT2D eigenvalue weighted by atomic mass is 35.5. The van der Waals surface area contributed by atoms with Gasteiger partial charge in [0.25, 0.3) is 0 Å². The summed E-state index contributed by atoms with van der Waals surface area (Å²) in [5.41, 5.74) is 0.993. The lowest BCUT2D eigenvalue weighted by atomic mass is 10.0. The molecule has 0 aromatic heterocycles. The van der Waals surface area contributed by atoms with Crippen LogP contribution in [0.2, 0.25) is 5.02 Å². The summed E-state index contributed by atoms with van der Waals surface area (Å²) in [7, 11) is 2.91. The first-order valence-corrected chi connectivity index (χ1v) is 5.39. The number of ether oxygens (including phenoxy) is 2. The fourth-order valence-corrected chi connectivity index (χ4v) is 1.91. The standard InChI is InChI=1S/C12H13ClO4/c1-16-11-8(7-15)6-10(13)9(4-3-5-14)12(11)17-2/h5-7H,3-4H2,1-2H3. The van der Waals surface area contributed by atoms with Crippen LogP contribution in [-0.4, -0.2) is 26.8 Å². The van der Waals surface area contributed by atoms with Crippen molar-refractivity contribution in [3.05, 3.63) is 22.2 Å². The number of rotatable bonds is 6. The Labute approximate surface area is 104 Å². The number of methoxy groups -OCH3 is 2. The minimum absolute atomic E-state index is 0.323. The fourth-order valence-electron chi connectivity index (χ4n) is 1.62. The molecule has 0 aliphatic rings. The molecule has 0 unspecified atom stereocenters. The van der Waals surface area contributed by atoms with Crippen LogP contribution in [0.1, 0.15) is 22.3 Å². The molecular formula is C12H13ClO4. The van der Waals surface area contributed by atoms with Crippen molar-refractivity contribution >= 4 is 24.2 Å². The number of hydrogen-bond acceptors (Lipinski definition) is 4. The van der Waals surface area contributed by atoms with Crippen LogP contribution < -0.4 is 9.47 Å². The van der Waals surface area contributed by atoms with E-state index in [9.17, 15) is 9.59 Å². The summed E-state index contributed by atoms with van der Waals surface area (Å²) >= 11 is 6.05. The van der Waals surface area contributed by atoms with E-state index >= 15 is 0 Å². The van der Waals surface area contributed by atoms with Gasteiger partial charge in [0.15, 0.2) is 17.8 Å². The predicted octanol–water partition coefficient (Wildman–Crippen LogP) is 2.30. The second-order valence-electron chi connectivity index (χ2n) is 3.32. The van der Waals surface area contributed by atoms with Crippen molar-refractivity contribution in [2.75, 3.05) is 14.2 Å². The molecule has 17 heavy (non-hydrogen) atoms. The van der Waals surface area contributed by atoms with Crippen LogP contribution in [0.25, 0.3) is 0 Å². The van der Waals surface area contributed by atoms with Crippen LogP contribution in [0.3, 0.4) is 0 Å². The number of carbonyl (C=O) groups is 2. The lowest BCUT2D eigenvalue weighted by Crippen LogP contribution is -2.01. The van der Waals surface area contributed by atoms with Gasteiger partial charge in [0, 0.05) is 17.0 Å². The van der Waals surface area contributed by atoms with Crippen LogP contribution in [0.15, 0.2) is 6.07 Å². The van der Waals surface area contributed by atoms with Gasteiger partial charge in [0.05, 0.1) is 19.8 Å². The summed E-state index contributed by atoms with van der Waals surface area (Å²) in [6.45, 7) is 0. The molecule has 0 bridgehead atoms. The summed E-state index contributed by atoms with van der Waals surface area (Å²) in [5.74, 6) is 0.747. The van der Waals surface area contributed by atoms with E-state index in [0.29, 0.717) is 46.8 Å². The zero-order valence-corrected chi connectivity index (χ0v) is 10.4. The number of hydrogen-bond donors (Lipinski definition) is 0. The van der Waals surface area contributed by atoms with E-state index in [0.717, 1.165) is 6.29 Å².